The Labute approximate surface area is 93.6 Å². The van der Waals surface area contributed by atoms with Crippen molar-refractivity contribution in [1.29, 1.82) is 0 Å². The summed E-state index contributed by atoms with van der Waals surface area (Å²) in [7, 11) is 0. The maximum Gasteiger partial charge on any atom is 0.137 e. The number of hydrogen-bond donors (Lipinski definition) is 1. The summed E-state index contributed by atoms with van der Waals surface area (Å²) in [4.78, 5) is 3.93. The van der Waals surface area contributed by atoms with Gasteiger partial charge in [0.2, 0.25) is 0 Å². The topological polar surface area (TPSA) is 50.9 Å². The summed E-state index contributed by atoms with van der Waals surface area (Å²) in [6, 6.07) is 8.26. The zero-order valence-corrected chi connectivity index (χ0v) is 8.82. The van der Waals surface area contributed by atoms with Gasteiger partial charge < -0.3 is 5.11 Å². The molecule has 0 radical (unpaired) electrons. The molecule has 0 fully saturated rings. The highest BCUT2D eigenvalue weighted by molar-refractivity contribution is 5.31. The number of rotatable bonds is 1. The van der Waals surface area contributed by atoms with E-state index in [9.17, 15) is 5.11 Å². The molecule has 2 atom stereocenters. The van der Waals surface area contributed by atoms with Gasteiger partial charge >= 0.3 is 0 Å². The zero-order chi connectivity index (χ0) is 11.0. The summed E-state index contributed by atoms with van der Waals surface area (Å²) >= 11 is 0. The van der Waals surface area contributed by atoms with Crippen molar-refractivity contribution in [3.05, 3.63) is 48.0 Å². The van der Waals surface area contributed by atoms with Crippen LogP contribution in [0, 0.1) is 0 Å². The maximum absolute atomic E-state index is 10.1. The molecule has 1 aliphatic rings. The summed E-state index contributed by atoms with van der Waals surface area (Å²) in [5, 5.41) is 14.2. The number of benzene rings is 1. The number of aromatic nitrogens is 3. The number of aliphatic hydroxyl groups excluding tert-OH is 1. The van der Waals surface area contributed by atoms with Crippen molar-refractivity contribution in [1.82, 2.24) is 14.8 Å². The molecule has 16 heavy (non-hydrogen) atoms. The van der Waals surface area contributed by atoms with Crippen molar-refractivity contribution in [3.8, 4) is 0 Å². The van der Waals surface area contributed by atoms with Crippen LogP contribution in [0.25, 0.3) is 0 Å². The standard InChI is InChI=1S/C12H13N3O/c16-12-6-10-4-2-1-3-9(10)5-11(12)15-8-13-7-14-15/h1-4,7-8,11-12,16H,5-6H2/t11-,12+/m0/s1. The Kier molecular flexibility index (Phi) is 2.22. The van der Waals surface area contributed by atoms with E-state index in [1.165, 1.54) is 17.5 Å². The first-order valence-electron chi connectivity index (χ1n) is 5.43. The van der Waals surface area contributed by atoms with Gasteiger partial charge in [0, 0.05) is 6.42 Å². The number of nitrogens with zero attached hydrogens (tertiary/aromatic N) is 3. The molecule has 1 aromatic heterocycles. The van der Waals surface area contributed by atoms with Crippen molar-refractivity contribution < 1.29 is 5.11 Å². The predicted molar refractivity (Wildman–Crippen MR) is 58.9 cm³/mol. The van der Waals surface area contributed by atoms with Crippen LogP contribution in [0.2, 0.25) is 0 Å². The smallest absolute Gasteiger partial charge is 0.137 e. The van der Waals surface area contributed by atoms with Crippen molar-refractivity contribution in [2.75, 3.05) is 0 Å². The van der Waals surface area contributed by atoms with E-state index in [2.05, 4.69) is 22.2 Å². The van der Waals surface area contributed by atoms with E-state index in [1.54, 1.807) is 11.0 Å². The summed E-state index contributed by atoms with van der Waals surface area (Å²) < 4.78 is 1.75. The molecule has 1 aromatic carbocycles. The fourth-order valence-electron chi connectivity index (χ4n) is 2.34. The van der Waals surface area contributed by atoms with E-state index in [-0.39, 0.29) is 12.1 Å². The third-order valence-electron chi connectivity index (χ3n) is 3.20. The molecule has 0 amide bonds. The van der Waals surface area contributed by atoms with Crippen LogP contribution in [0.3, 0.4) is 0 Å². The highest BCUT2D eigenvalue weighted by atomic mass is 16.3. The van der Waals surface area contributed by atoms with Crippen LogP contribution in [0.5, 0.6) is 0 Å². The minimum absolute atomic E-state index is 0.0115. The summed E-state index contributed by atoms with van der Waals surface area (Å²) in [6.07, 6.45) is 4.31. The van der Waals surface area contributed by atoms with E-state index in [0.29, 0.717) is 6.42 Å². The van der Waals surface area contributed by atoms with Crippen LogP contribution in [0.15, 0.2) is 36.9 Å². The van der Waals surface area contributed by atoms with Gasteiger partial charge in [0.1, 0.15) is 12.7 Å². The number of fused-ring (bicyclic) bond motifs is 1. The molecule has 82 valence electrons. The van der Waals surface area contributed by atoms with Crippen LogP contribution in [-0.4, -0.2) is 26.0 Å². The largest absolute Gasteiger partial charge is 0.391 e. The van der Waals surface area contributed by atoms with Crippen molar-refractivity contribution in [2.45, 2.75) is 25.0 Å². The van der Waals surface area contributed by atoms with Gasteiger partial charge in [-0.05, 0) is 17.5 Å². The van der Waals surface area contributed by atoms with Crippen molar-refractivity contribution >= 4 is 0 Å². The predicted octanol–water partition coefficient (Wildman–Crippen LogP) is 0.979. The second-order valence-corrected chi connectivity index (χ2v) is 4.19. The fraction of sp³-hybridized carbons (Fsp3) is 0.333. The SMILES string of the molecule is O[C@@H]1Cc2ccccc2C[C@@H]1n1cncn1. The molecule has 0 bridgehead atoms. The average Bonchev–Trinajstić information content (AvgIpc) is 2.81. The van der Waals surface area contributed by atoms with Gasteiger partial charge in [-0.1, -0.05) is 24.3 Å². The first-order valence-corrected chi connectivity index (χ1v) is 5.43. The molecule has 4 heteroatoms. The van der Waals surface area contributed by atoms with Gasteiger partial charge in [-0.3, -0.25) is 0 Å². The van der Waals surface area contributed by atoms with Crippen LogP contribution < -0.4 is 0 Å². The highest BCUT2D eigenvalue weighted by Gasteiger charge is 2.28. The van der Waals surface area contributed by atoms with E-state index < -0.39 is 0 Å². The Morgan fingerprint density at radius 3 is 2.62 bits per heavy atom. The first-order chi connectivity index (χ1) is 7.84. The van der Waals surface area contributed by atoms with Gasteiger partial charge in [-0.15, -0.1) is 0 Å². The second kappa shape index (κ2) is 3.72. The Hall–Kier alpha value is -1.68. The zero-order valence-electron chi connectivity index (χ0n) is 8.82. The van der Waals surface area contributed by atoms with E-state index in [1.807, 2.05) is 12.1 Å². The monoisotopic (exact) mass is 215 g/mol. The molecule has 1 N–H and O–H groups in total. The minimum atomic E-state index is -0.378. The molecular weight excluding hydrogens is 202 g/mol. The summed E-state index contributed by atoms with van der Waals surface area (Å²) in [5.74, 6) is 0. The second-order valence-electron chi connectivity index (χ2n) is 4.19. The molecule has 2 aromatic rings. The van der Waals surface area contributed by atoms with Gasteiger partial charge in [0.05, 0.1) is 12.1 Å². The lowest BCUT2D eigenvalue weighted by atomic mass is 9.86. The Bertz CT molecular complexity index is 481. The average molecular weight is 215 g/mol. The maximum atomic E-state index is 10.1. The Morgan fingerprint density at radius 2 is 1.94 bits per heavy atom. The van der Waals surface area contributed by atoms with Crippen LogP contribution in [0.4, 0.5) is 0 Å². The highest BCUT2D eigenvalue weighted by Crippen LogP contribution is 2.28. The van der Waals surface area contributed by atoms with Gasteiger partial charge in [-0.25, -0.2) is 9.67 Å². The number of hydrogen-bond acceptors (Lipinski definition) is 3. The third kappa shape index (κ3) is 1.51. The van der Waals surface area contributed by atoms with Crippen LogP contribution >= 0.6 is 0 Å². The molecule has 3 rings (SSSR count). The lowest BCUT2D eigenvalue weighted by Crippen LogP contribution is -2.32. The quantitative estimate of drug-likeness (QED) is 0.771. The Balaban J connectivity index is 1.95. The van der Waals surface area contributed by atoms with Crippen molar-refractivity contribution in [3.63, 3.8) is 0 Å². The molecule has 0 saturated carbocycles. The molecule has 0 unspecified atom stereocenters. The molecule has 0 spiro atoms. The molecule has 0 saturated heterocycles. The summed E-state index contributed by atoms with van der Waals surface area (Å²) in [6.45, 7) is 0. The molecule has 1 heterocycles. The normalized spacial score (nSPS) is 24.1. The van der Waals surface area contributed by atoms with E-state index >= 15 is 0 Å². The molecule has 4 nitrogen and oxygen atoms in total. The fourth-order valence-corrected chi connectivity index (χ4v) is 2.34. The number of aliphatic hydroxyl groups is 1. The summed E-state index contributed by atoms with van der Waals surface area (Å²) in [5.41, 5.74) is 2.54. The third-order valence-corrected chi connectivity index (χ3v) is 3.20. The van der Waals surface area contributed by atoms with Gasteiger partial charge in [0.25, 0.3) is 0 Å². The van der Waals surface area contributed by atoms with Crippen LogP contribution in [-0.2, 0) is 12.8 Å². The van der Waals surface area contributed by atoms with Crippen LogP contribution in [0.1, 0.15) is 17.2 Å². The molecule has 1 aliphatic carbocycles. The lowest BCUT2D eigenvalue weighted by molar-refractivity contribution is 0.0977. The van der Waals surface area contributed by atoms with E-state index in [0.717, 1.165) is 6.42 Å². The Morgan fingerprint density at radius 1 is 1.19 bits per heavy atom. The molecular formula is C12H13N3O. The molecule has 0 aliphatic heterocycles. The van der Waals surface area contributed by atoms with Crippen molar-refractivity contribution in [2.24, 2.45) is 0 Å². The van der Waals surface area contributed by atoms with E-state index in [4.69, 9.17) is 0 Å². The minimum Gasteiger partial charge on any atom is -0.391 e. The lowest BCUT2D eigenvalue weighted by Gasteiger charge is -2.29. The first kappa shape index (κ1) is 9.54. The van der Waals surface area contributed by atoms with Gasteiger partial charge in [0.15, 0.2) is 0 Å². The van der Waals surface area contributed by atoms with Gasteiger partial charge in [-0.2, -0.15) is 5.10 Å².